The smallest absolute Gasteiger partial charge is 0.325 e. The Hall–Kier alpha value is -1.04. The van der Waals surface area contributed by atoms with Crippen LogP contribution in [0.4, 0.5) is 4.79 Å². The number of nitrogens with zero attached hydrogens (tertiary/aromatic N) is 1. The number of hydrogen-bond donors (Lipinski definition) is 2. The van der Waals surface area contributed by atoms with Gasteiger partial charge in [-0.1, -0.05) is 0 Å². The predicted octanol–water partition coefficient (Wildman–Crippen LogP) is -0.186. The molecule has 1 heterocycles. The van der Waals surface area contributed by atoms with Crippen LogP contribution in [0, 0.1) is 0 Å². The van der Waals surface area contributed by atoms with Gasteiger partial charge in [-0.05, 0) is 13.8 Å². The lowest BCUT2D eigenvalue weighted by molar-refractivity contribution is -0.133. The molecular weight excluding hydrogens is 204 g/mol. The van der Waals surface area contributed by atoms with Crippen molar-refractivity contribution in [3.8, 4) is 0 Å². The van der Waals surface area contributed by atoms with Crippen LogP contribution in [-0.2, 0) is 9.59 Å². The summed E-state index contributed by atoms with van der Waals surface area (Å²) in [6, 6.07) is -1.82. The number of hydrogen-bond acceptors (Lipinski definition) is 4. The van der Waals surface area contributed by atoms with Crippen molar-refractivity contribution in [2.75, 3.05) is 5.75 Å². The Labute approximate surface area is 87.2 Å². The molecule has 2 atom stereocenters. The van der Waals surface area contributed by atoms with Crippen LogP contribution in [0.5, 0.6) is 0 Å². The summed E-state index contributed by atoms with van der Waals surface area (Å²) in [6.07, 6.45) is 0. The zero-order chi connectivity index (χ0) is 10.9. The third-order valence-corrected chi connectivity index (χ3v) is 2.47. The van der Waals surface area contributed by atoms with Gasteiger partial charge in [-0.3, -0.25) is 14.5 Å². The van der Waals surface area contributed by atoms with E-state index in [1.165, 1.54) is 6.92 Å². The number of thiol groups is 1. The lowest BCUT2D eigenvalue weighted by atomic mass is 10.2. The lowest BCUT2D eigenvalue weighted by Crippen LogP contribution is -2.46. The summed E-state index contributed by atoms with van der Waals surface area (Å²) in [4.78, 5) is 34.9. The number of carbonyl (C=O) groups excluding carboxylic acids is 3. The van der Waals surface area contributed by atoms with Crippen LogP contribution >= 0.6 is 12.6 Å². The van der Waals surface area contributed by atoms with Crippen LogP contribution in [0.25, 0.3) is 0 Å². The van der Waals surface area contributed by atoms with E-state index < -0.39 is 18.1 Å². The average Bonchev–Trinajstić information content (AvgIpc) is 2.32. The van der Waals surface area contributed by atoms with Gasteiger partial charge in [0, 0.05) is 5.75 Å². The van der Waals surface area contributed by atoms with Gasteiger partial charge in [0.1, 0.15) is 12.1 Å². The van der Waals surface area contributed by atoms with E-state index in [2.05, 4.69) is 17.9 Å². The van der Waals surface area contributed by atoms with Crippen LogP contribution in [-0.4, -0.2) is 40.5 Å². The largest absolute Gasteiger partial charge is 0.326 e. The minimum atomic E-state index is -0.754. The molecule has 0 aromatic carbocycles. The lowest BCUT2D eigenvalue weighted by Gasteiger charge is -2.20. The number of amides is 3. The first-order chi connectivity index (χ1) is 6.49. The maximum Gasteiger partial charge on any atom is 0.325 e. The number of ketones is 1. The van der Waals surface area contributed by atoms with Gasteiger partial charge in [-0.2, -0.15) is 12.6 Å². The van der Waals surface area contributed by atoms with Crippen molar-refractivity contribution in [1.82, 2.24) is 10.2 Å². The maximum absolute atomic E-state index is 11.5. The Morgan fingerprint density at radius 3 is 2.50 bits per heavy atom. The first-order valence-electron chi connectivity index (χ1n) is 4.24. The Bertz CT molecular complexity index is 292. The summed E-state index contributed by atoms with van der Waals surface area (Å²) >= 11 is 3.95. The molecule has 1 saturated heterocycles. The summed E-state index contributed by atoms with van der Waals surface area (Å²) < 4.78 is 0. The summed E-state index contributed by atoms with van der Waals surface area (Å²) in [6.45, 7) is 2.92. The molecule has 3 amide bonds. The molecule has 14 heavy (non-hydrogen) atoms. The van der Waals surface area contributed by atoms with Crippen molar-refractivity contribution in [3.05, 3.63) is 0 Å². The van der Waals surface area contributed by atoms with Gasteiger partial charge in [0.25, 0.3) is 5.91 Å². The van der Waals surface area contributed by atoms with Crippen LogP contribution in [0.2, 0.25) is 0 Å². The molecule has 1 aliphatic rings. The normalized spacial score (nSPS) is 23.6. The molecule has 0 aliphatic carbocycles. The average molecular weight is 216 g/mol. The standard InChI is InChI=1S/C8H12N2O3S/c1-4-7(12)10(8(13)9-4)6(3-14)5(2)11/h4,6,14H,3H2,1-2H3,(H,9,13)/t4-,6?/m0/s1. The van der Waals surface area contributed by atoms with Gasteiger partial charge in [-0.15, -0.1) is 0 Å². The van der Waals surface area contributed by atoms with E-state index in [0.29, 0.717) is 0 Å². The molecule has 0 radical (unpaired) electrons. The highest BCUT2D eigenvalue weighted by Gasteiger charge is 2.40. The molecule has 0 bridgehead atoms. The SMILES string of the molecule is CC(=O)C(CS)N1C(=O)N[C@@H](C)C1=O. The molecule has 0 aromatic heterocycles. The summed E-state index contributed by atoms with van der Waals surface area (Å²) in [5.74, 6) is -0.455. The fraction of sp³-hybridized carbons (Fsp3) is 0.625. The monoisotopic (exact) mass is 216 g/mol. The second-order valence-corrected chi connectivity index (χ2v) is 3.55. The maximum atomic E-state index is 11.5. The molecule has 1 aliphatic heterocycles. The Morgan fingerprint density at radius 2 is 2.21 bits per heavy atom. The second-order valence-electron chi connectivity index (χ2n) is 3.19. The number of nitrogens with one attached hydrogen (secondary N) is 1. The van der Waals surface area contributed by atoms with Gasteiger partial charge in [0.05, 0.1) is 0 Å². The van der Waals surface area contributed by atoms with Crippen LogP contribution in [0.3, 0.4) is 0 Å². The van der Waals surface area contributed by atoms with Crippen molar-refractivity contribution in [1.29, 1.82) is 0 Å². The molecule has 0 saturated carbocycles. The Kier molecular flexibility index (Phi) is 3.15. The quantitative estimate of drug-likeness (QED) is 0.508. The molecule has 1 fully saturated rings. The summed E-state index contributed by atoms with van der Waals surface area (Å²) in [7, 11) is 0. The van der Waals surface area contributed by atoms with Crippen molar-refractivity contribution in [2.45, 2.75) is 25.9 Å². The topological polar surface area (TPSA) is 66.5 Å². The molecule has 78 valence electrons. The minimum Gasteiger partial charge on any atom is -0.326 e. The molecule has 0 aromatic rings. The van der Waals surface area contributed by atoms with Gasteiger partial charge in [-0.25, -0.2) is 4.79 Å². The first kappa shape index (κ1) is 11.0. The molecule has 1 unspecified atom stereocenters. The molecule has 1 N–H and O–H groups in total. The Balaban J connectivity index is 2.90. The van der Waals surface area contributed by atoms with Gasteiger partial charge >= 0.3 is 6.03 Å². The van der Waals surface area contributed by atoms with Crippen LogP contribution in [0.1, 0.15) is 13.8 Å². The van der Waals surface area contributed by atoms with E-state index in [4.69, 9.17) is 0 Å². The van der Waals surface area contributed by atoms with E-state index in [9.17, 15) is 14.4 Å². The van der Waals surface area contributed by atoms with Crippen LogP contribution in [0.15, 0.2) is 0 Å². The number of carbonyl (C=O) groups is 3. The predicted molar refractivity (Wildman–Crippen MR) is 53.2 cm³/mol. The van der Waals surface area contributed by atoms with Crippen molar-refractivity contribution < 1.29 is 14.4 Å². The number of rotatable bonds is 3. The fourth-order valence-corrected chi connectivity index (χ4v) is 1.73. The van der Waals surface area contributed by atoms with Gasteiger partial charge in [0.2, 0.25) is 0 Å². The highest BCUT2D eigenvalue weighted by molar-refractivity contribution is 7.80. The fourth-order valence-electron chi connectivity index (χ4n) is 1.31. The molecule has 0 spiro atoms. The number of Topliss-reactive ketones (excluding diaryl/α,β-unsaturated/α-hetero) is 1. The summed E-state index contributed by atoms with van der Waals surface area (Å²) in [5.41, 5.74) is 0. The zero-order valence-electron chi connectivity index (χ0n) is 7.98. The number of urea groups is 1. The Morgan fingerprint density at radius 1 is 1.64 bits per heavy atom. The molecular formula is C8H12N2O3S. The number of imide groups is 1. The third-order valence-electron chi connectivity index (χ3n) is 2.12. The molecule has 6 heteroatoms. The van der Waals surface area contributed by atoms with Gasteiger partial charge in [0.15, 0.2) is 5.78 Å². The van der Waals surface area contributed by atoms with Crippen molar-refractivity contribution in [3.63, 3.8) is 0 Å². The third kappa shape index (κ3) is 1.75. The van der Waals surface area contributed by atoms with Gasteiger partial charge < -0.3 is 5.32 Å². The van der Waals surface area contributed by atoms with E-state index in [0.717, 1.165) is 4.90 Å². The first-order valence-corrected chi connectivity index (χ1v) is 4.87. The summed E-state index contributed by atoms with van der Waals surface area (Å²) in [5, 5.41) is 2.44. The highest BCUT2D eigenvalue weighted by Crippen LogP contribution is 2.12. The van der Waals surface area contributed by atoms with E-state index >= 15 is 0 Å². The van der Waals surface area contributed by atoms with Crippen molar-refractivity contribution >= 4 is 30.4 Å². The zero-order valence-corrected chi connectivity index (χ0v) is 8.88. The van der Waals surface area contributed by atoms with Crippen molar-refractivity contribution in [2.24, 2.45) is 0 Å². The molecule has 1 rings (SSSR count). The van der Waals surface area contributed by atoms with E-state index in [1.807, 2.05) is 0 Å². The van der Waals surface area contributed by atoms with Crippen LogP contribution < -0.4 is 5.32 Å². The van der Waals surface area contributed by atoms with E-state index in [-0.39, 0.29) is 17.4 Å². The minimum absolute atomic E-state index is 0.154. The second kappa shape index (κ2) is 4.00. The highest BCUT2D eigenvalue weighted by atomic mass is 32.1. The molecule has 5 nitrogen and oxygen atoms in total. The van der Waals surface area contributed by atoms with E-state index in [1.54, 1.807) is 6.92 Å².